The molecule has 1 aliphatic carbocycles. The van der Waals surface area contributed by atoms with Gasteiger partial charge in [-0.1, -0.05) is 0 Å². The largest absolute Gasteiger partial charge is 0.392 e. The standard InChI is InChI=1S/C12H23N3O2/c1-8(15(2)9-3-4-9)6-14-12(17)11-5-10(16)7-13-11/h8-11,13,16H,3-7H2,1-2H3,(H,14,17). The van der Waals surface area contributed by atoms with Gasteiger partial charge >= 0.3 is 0 Å². The molecule has 0 aromatic rings. The number of carbonyl (C=O) groups excluding carboxylic acids is 1. The number of aliphatic hydroxyl groups excluding tert-OH is 1. The second-order valence-corrected chi connectivity index (χ2v) is 5.34. The van der Waals surface area contributed by atoms with Gasteiger partial charge in [0.05, 0.1) is 12.1 Å². The molecule has 98 valence electrons. The molecular formula is C12H23N3O2. The number of hydrogen-bond acceptors (Lipinski definition) is 4. The van der Waals surface area contributed by atoms with E-state index in [4.69, 9.17) is 0 Å². The molecule has 2 fully saturated rings. The second kappa shape index (κ2) is 5.33. The summed E-state index contributed by atoms with van der Waals surface area (Å²) in [4.78, 5) is 14.1. The van der Waals surface area contributed by atoms with Gasteiger partial charge in [-0.05, 0) is 33.2 Å². The summed E-state index contributed by atoms with van der Waals surface area (Å²) in [5, 5.41) is 15.3. The van der Waals surface area contributed by atoms with Crippen LogP contribution in [0, 0.1) is 0 Å². The maximum absolute atomic E-state index is 11.8. The van der Waals surface area contributed by atoms with Crippen LogP contribution in [0.4, 0.5) is 0 Å². The van der Waals surface area contributed by atoms with Crippen LogP contribution in [0.5, 0.6) is 0 Å². The minimum atomic E-state index is -0.377. The summed E-state index contributed by atoms with van der Waals surface area (Å²) in [6.07, 6.45) is 2.71. The van der Waals surface area contributed by atoms with Gasteiger partial charge in [0.1, 0.15) is 0 Å². The Bertz CT molecular complexity index is 281. The monoisotopic (exact) mass is 241 g/mol. The summed E-state index contributed by atoms with van der Waals surface area (Å²) >= 11 is 0. The number of rotatable bonds is 5. The number of nitrogens with zero attached hydrogens (tertiary/aromatic N) is 1. The second-order valence-electron chi connectivity index (χ2n) is 5.34. The zero-order chi connectivity index (χ0) is 12.4. The Morgan fingerprint density at radius 1 is 1.59 bits per heavy atom. The summed E-state index contributed by atoms with van der Waals surface area (Å²) in [5.74, 6) is 0.0117. The Kier molecular flexibility index (Phi) is 4.01. The molecule has 2 rings (SSSR count). The maximum Gasteiger partial charge on any atom is 0.237 e. The van der Waals surface area contributed by atoms with E-state index in [1.165, 1.54) is 12.8 Å². The van der Waals surface area contributed by atoms with Crippen LogP contribution in [0.3, 0.4) is 0 Å². The minimum absolute atomic E-state index is 0.0117. The zero-order valence-electron chi connectivity index (χ0n) is 10.6. The Morgan fingerprint density at radius 3 is 2.82 bits per heavy atom. The van der Waals surface area contributed by atoms with E-state index in [-0.39, 0.29) is 18.1 Å². The van der Waals surface area contributed by atoms with E-state index in [0.29, 0.717) is 31.6 Å². The molecule has 17 heavy (non-hydrogen) atoms. The van der Waals surface area contributed by atoms with Crippen molar-refractivity contribution >= 4 is 5.91 Å². The molecule has 5 heteroatoms. The van der Waals surface area contributed by atoms with Crippen molar-refractivity contribution in [3.05, 3.63) is 0 Å². The highest BCUT2D eigenvalue weighted by atomic mass is 16.3. The van der Waals surface area contributed by atoms with Crippen LogP contribution in [0.2, 0.25) is 0 Å². The maximum atomic E-state index is 11.8. The number of carbonyl (C=O) groups is 1. The molecular weight excluding hydrogens is 218 g/mol. The Labute approximate surface area is 103 Å². The third-order valence-electron chi connectivity index (χ3n) is 3.81. The lowest BCUT2D eigenvalue weighted by Crippen LogP contribution is -2.46. The fourth-order valence-corrected chi connectivity index (χ4v) is 2.27. The number of hydrogen-bond donors (Lipinski definition) is 3. The number of nitrogens with one attached hydrogen (secondary N) is 2. The van der Waals surface area contributed by atoms with Gasteiger partial charge in [0.25, 0.3) is 0 Å². The lowest BCUT2D eigenvalue weighted by atomic mass is 10.2. The van der Waals surface area contributed by atoms with Crippen molar-refractivity contribution in [1.29, 1.82) is 0 Å². The highest BCUT2D eigenvalue weighted by Crippen LogP contribution is 2.26. The van der Waals surface area contributed by atoms with Crippen LogP contribution in [0.25, 0.3) is 0 Å². The van der Waals surface area contributed by atoms with E-state index < -0.39 is 0 Å². The molecule has 1 amide bonds. The predicted molar refractivity (Wildman–Crippen MR) is 65.7 cm³/mol. The van der Waals surface area contributed by atoms with Crippen LogP contribution in [0.15, 0.2) is 0 Å². The molecule has 0 radical (unpaired) electrons. The first kappa shape index (κ1) is 12.8. The van der Waals surface area contributed by atoms with Crippen molar-refractivity contribution in [2.45, 2.75) is 50.4 Å². The van der Waals surface area contributed by atoms with Crippen LogP contribution in [0.1, 0.15) is 26.2 Å². The third-order valence-corrected chi connectivity index (χ3v) is 3.81. The lowest BCUT2D eigenvalue weighted by molar-refractivity contribution is -0.123. The minimum Gasteiger partial charge on any atom is -0.392 e. The molecule has 0 aromatic heterocycles. The number of aliphatic hydroxyl groups is 1. The molecule has 3 unspecified atom stereocenters. The predicted octanol–water partition coefficient (Wildman–Crippen LogP) is -0.692. The quantitative estimate of drug-likeness (QED) is 0.596. The van der Waals surface area contributed by atoms with E-state index in [1.807, 2.05) is 0 Å². The molecule has 1 heterocycles. The molecule has 2 aliphatic rings. The van der Waals surface area contributed by atoms with Gasteiger partial charge in [0, 0.05) is 25.2 Å². The Balaban J connectivity index is 1.68. The van der Waals surface area contributed by atoms with Crippen molar-refractivity contribution in [2.24, 2.45) is 0 Å². The van der Waals surface area contributed by atoms with Crippen molar-refractivity contribution in [1.82, 2.24) is 15.5 Å². The van der Waals surface area contributed by atoms with Crippen LogP contribution in [-0.4, -0.2) is 60.3 Å². The van der Waals surface area contributed by atoms with E-state index >= 15 is 0 Å². The summed E-state index contributed by atoms with van der Waals surface area (Å²) in [6.45, 7) is 3.34. The topological polar surface area (TPSA) is 64.6 Å². The number of likely N-dealkylation sites (N-methyl/N-ethyl adjacent to an activating group) is 1. The van der Waals surface area contributed by atoms with E-state index in [9.17, 15) is 9.90 Å². The van der Waals surface area contributed by atoms with Gasteiger partial charge in [-0.25, -0.2) is 0 Å². The van der Waals surface area contributed by atoms with Crippen LogP contribution in [-0.2, 0) is 4.79 Å². The first-order chi connectivity index (χ1) is 8.08. The van der Waals surface area contributed by atoms with Crippen molar-refractivity contribution in [3.63, 3.8) is 0 Å². The van der Waals surface area contributed by atoms with Gasteiger partial charge in [-0.15, -0.1) is 0 Å². The fourth-order valence-electron chi connectivity index (χ4n) is 2.27. The Hall–Kier alpha value is -0.650. The highest BCUT2D eigenvalue weighted by molar-refractivity contribution is 5.82. The molecule has 0 spiro atoms. The smallest absolute Gasteiger partial charge is 0.237 e. The molecule has 1 saturated heterocycles. The molecule has 0 aromatic carbocycles. The Morgan fingerprint density at radius 2 is 2.29 bits per heavy atom. The third kappa shape index (κ3) is 3.40. The summed E-state index contributed by atoms with van der Waals surface area (Å²) in [6, 6.07) is 0.870. The average Bonchev–Trinajstić information content (AvgIpc) is 3.07. The van der Waals surface area contributed by atoms with E-state index in [0.717, 1.165) is 0 Å². The number of amides is 1. The van der Waals surface area contributed by atoms with Gasteiger partial charge in [0.15, 0.2) is 0 Å². The zero-order valence-corrected chi connectivity index (χ0v) is 10.6. The molecule has 3 N–H and O–H groups in total. The molecule has 3 atom stereocenters. The first-order valence-corrected chi connectivity index (χ1v) is 6.49. The molecule has 0 bridgehead atoms. The fraction of sp³-hybridized carbons (Fsp3) is 0.917. The molecule has 1 saturated carbocycles. The van der Waals surface area contributed by atoms with E-state index in [2.05, 4.69) is 29.5 Å². The lowest BCUT2D eigenvalue weighted by Gasteiger charge is -2.25. The molecule has 5 nitrogen and oxygen atoms in total. The van der Waals surface area contributed by atoms with Crippen LogP contribution >= 0.6 is 0 Å². The van der Waals surface area contributed by atoms with Crippen molar-refractivity contribution < 1.29 is 9.90 Å². The normalized spacial score (nSPS) is 30.6. The van der Waals surface area contributed by atoms with Gasteiger partial charge < -0.3 is 15.7 Å². The van der Waals surface area contributed by atoms with Gasteiger partial charge in [-0.2, -0.15) is 0 Å². The van der Waals surface area contributed by atoms with Crippen LogP contribution < -0.4 is 10.6 Å². The summed E-state index contributed by atoms with van der Waals surface area (Å²) in [5.41, 5.74) is 0. The van der Waals surface area contributed by atoms with Gasteiger partial charge in [0.2, 0.25) is 5.91 Å². The van der Waals surface area contributed by atoms with Gasteiger partial charge in [-0.3, -0.25) is 9.69 Å². The van der Waals surface area contributed by atoms with Crippen molar-refractivity contribution in [3.8, 4) is 0 Å². The highest BCUT2D eigenvalue weighted by Gasteiger charge is 2.31. The summed E-state index contributed by atoms with van der Waals surface area (Å²) < 4.78 is 0. The molecule has 1 aliphatic heterocycles. The SMILES string of the molecule is CC(CNC(=O)C1CC(O)CN1)N(C)C1CC1. The number of β-amino-alcohol motifs (C(OH)–C–C–N with tert-alkyl or cyclic N) is 1. The van der Waals surface area contributed by atoms with Crippen molar-refractivity contribution in [2.75, 3.05) is 20.1 Å². The van der Waals surface area contributed by atoms with E-state index in [1.54, 1.807) is 0 Å². The summed E-state index contributed by atoms with van der Waals surface area (Å²) in [7, 11) is 2.12. The average molecular weight is 241 g/mol. The first-order valence-electron chi connectivity index (χ1n) is 6.49.